The Bertz CT molecular complexity index is 631. The van der Waals surface area contributed by atoms with Gasteiger partial charge in [0.05, 0.1) is 10.2 Å². The van der Waals surface area contributed by atoms with E-state index in [1.807, 2.05) is 13.8 Å². The summed E-state index contributed by atoms with van der Waals surface area (Å²) in [5.41, 5.74) is 1.73. The molecule has 2 heterocycles. The van der Waals surface area contributed by atoms with Crippen LogP contribution in [0, 0.1) is 18.3 Å². The SMILES string of the molecule is CCSc1nn2c(Cl)c(Br)c(C)nc2c1C#N. The molecule has 0 fully saturated rings. The summed E-state index contributed by atoms with van der Waals surface area (Å²) in [6.45, 7) is 3.84. The average molecular weight is 332 g/mol. The molecule has 2 aromatic rings. The van der Waals surface area contributed by atoms with Crippen LogP contribution < -0.4 is 0 Å². The number of hydrogen-bond donors (Lipinski definition) is 0. The van der Waals surface area contributed by atoms with Crippen LogP contribution in [0.3, 0.4) is 0 Å². The summed E-state index contributed by atoms with van der Waals surface area (Å²) in [4.78, 5) is 4.34. The van der Waals surface area contributed by atoms with Crippen molar-refractivity contribution >= 4 is 44.9 Å². The van der Waals surface area contributed by atoms with Crippen LogP contribution in [0.25, 0.3) is 5.65 Å². The third-order valence-corrected chi connectivity index (χ3v) is 4.55. The molecule has 0 N–H and O–H groups in total. The lowest BCUT2D eigenvalue weighted by atomic mass is 10.3. The number of fused-ring (bicyclic) bond motifs is 1. The van der Waals surface area contributed by atoms with E-state index in [9.17, 15) is 5.26 Å². The van der Waals surface area contributed by atoms with Crippen molar-refractivity contribution in [3.8, 4) is 6.07 Å². The van der Waals surface area contributed by atoms with Gasteiger partial charge in [0.25, 0.3) is 0 Å². The van der Waals surface area contributed by atoms with Gasteiger partial charge in [-0.15, -0.1) is 11.8 Å². The Morgan fingerprint density at radius 3 is 2.88 bits per heavy atom. The average Bonchev–Trinajstić information content (AvgIpc) is 2.64. The van der Waals surface area contributed by atoms with Crippen molar-refractivity contribution < 1.29 is 0 Å². The van der Waals surface area contributed by atoms with Crippen molar-refractivity contribution in [2.24, 2.45) is 0 Å². The highest BCUT2D eigenvalue weighted by atomic mass is 79.9. The zero-order valence-electron chi connectivity index (χ0n) is 9.16. The van der Waals surface area contributed by atoms with Crippen molar-refractivity contribution in [3.63, 3.8) is 0 Å². The van der Waals surface area contributed by atoms with Crippen molar-refractivity contribution in [1.29, 1.82) is 5.26 Å². The van der Waals surface area contributed by atoms with E-state index < -0.39 is 0 Å². The minimum Gasteiger partial charge on any atom is -0.231 e. The van der Waals surface area contributed by atoms with Crippen LogP contribution in [0.2, 0.25) is 5.15 Å². The Morgan fingerprint density at radius 1 is 1.59 bits per heavy atom. The molecule has 0 bridgehead atoms. The lowest BCUT2D eigenvalue weighted by Crippen LogP contribution is -1.96. The highest BCUT2D eigenvalue weighted by Gasteiger charge is 2.18. The van der Waals surface area contributed by atoms with E-state index in [1.165, 1.54) is 16.3 Å². The number of aryl methyl sites for hydroxylation is 1. The topological polar surface area (TPSA) is 54.0 Å². The fourth-order valence-electron chi connectivity index (χ4n) is 1.42. The summed E-state index contributed by atoms with van der Waals surface area (Å²) in [5.74, 6) is 0.844. The molecule has 0 atom stereocenters. The number of rotatable bonds is 2. The van der Waals surface area contributed by atoms with Gasteiger partial charge in [0, 0.05) is 0 Å². The van der Waals surface area contributed by atoms with Crippen molar-refractivity contribution in [2.75, 3.05) is 5.75 Å². The molecule has 17 heavy (non-hydrogen) atoms. The fraction of sp³-hybridized carbons (Fsp3) is 0.300. The number of nitriles is 1. The minimum absolute atomic E-state index is 0.437. The zero-order valence-corrected chi connectivity index (χ0v) is 12.3. The molecule has 0 saturated heterocycles. The van der Waals surface area contributed by atoms with Gasteiger partial charge in [-0.1, -0.05) is 18.5 Å². The quantitative estimate of drug-likeness (QED) is 0.625. The lowest BCUT2D eigenvalue weighted by molar-refractivity contribution is 0.877. The van der Waals surface area contributed by atoms with Gasteiger partial charge in [-0.2, -0.15) is 10.4 Å². The summed E-state index contributed by atoms with van der Waals surface area (Å²) in [7, 11) is 0. The predicted molar refractivity (Wildman–Crippen MR) is 71.5 cm³/mol. The summed E-state index contributed by atoms with van der Waals surface area (Å²) < 4.78 is 2.20. The standard InChI is InChI=1S/C10H8BrClN4S/c1-3-17-10-6(4-13)9-14-5(2)7(11)8(12)16(9)15-10/h3H2,1-2H3. The molecule has 0 aliphatic heterocycles. The second kappa shape index (κ2) is 4.84. The van der Waals surface area contributed by atoms with Gasteiger partial charge >= 0.3 is 0 Å². The third-order valence-electron chi connectivity index (χ3n) is 2.18. The van der Waals surface area contributed by atoms with Crippen LogP contribution in [0.4, 0.5) is 0 Å². The van der Waals surface area contributed by atoms with E-state index in [2.05, 4.69) is 32.1 Å². The molecule has 7 heteroatoms. The largest absolute Gasteiger partial charge is 0.231 e. The molecule has 4 nitrogen and oxygen atoms in total. The molecule has 0 saturated carbocycles. The van der Waals surface area contributed by atoms with Crippen LogP contribution in [-0.2, 0) is 0 Å². The number of hydrogen-bond acceptors (Lipinski definition) is 4. The smallest absolute Gasteiger partial charge is 0.176 e. The molecule has 0 aliphatic rings. The maximum Gasteiger partial charge on any atom is 0.176 e. The summed E-state index contributed by atoms with van der Waals surface area (Å²) in [6, 6.07) is 2.14. The first-order valence-corrected chi connectivity index (χ1v) is 7.03. The molecule has 0 radical (unpaired) electrons. The molecule has 0 amide bonds. The lowest BCUT2D eigenvalue weighted by Gasteiger charge is -2.02. The number of halogens is 2. The molecule has 2 aromatic heterocycles. The summed E-state index contributed by atoms with van der Waals surface area (Å²) in [6.07, 6.45) is 0. The van der Waals surface area contributed by atoms with Crippen molar-refractivity contribution in [2.45, 2.75) is 18.9 Å². The normalized spacial score (nSPS) is 10.8. The first kappa shape index (κ1) is 12.7. The number of nitrogens with zero attached hydrogens (tertiary/aromatic N) is 4. The van der Waals surface area contributed by atoms with E-state index in [0.717, 1.165) is 11.4 Å². The Morgan fingerprint density at radius 2 is 2.29 bits per heavy atom. The zero-order chi connectivity index (χ0) is 12.6. The van der Waals surface area contributed by atoms with Crippen molar-refractivity contribution in [3.05, 3.63) is 20.9 Å². The third kappa shape index (κ3) is 2.03. The Hall–Kier alpha value is -0.770. The van der Waals surface area contributed by atoms with Gasteiger partial charge in [0.1, 0.15) is 21.8 Å². The molecule has 0 aromatic carbocycles. The molecule has 0 aliphatic carbocycles. The van der Waals surface area contributed by atoms with Gasteiger partial charge in [-0.3, -0.25) is 0 Å². The molecule has 0 unspecified atom stereocenters. The van der Waals surface area contributed by atoms with Crippen LogP contribution in [-0.4, -0.2) is 20.4 Å². The van der Waals surface area contributed by atoms with Gasteiger partial charge in [-0.05, 0) is 28.6 Å². The van der Waals surface area contributed by atoms with Gasteiger partial charge in [0.2, 0.25) is 0 Å². The highest BCUT2D eigenvalue weighted by molar-refractivity contribution is 9.10. The summed E-state index contributed by atoms with van der Waals surface area (Å²) >= 11 is 11.0. The van der Waals surface area contributed by atoms with Gasteiger partial charge in [0.15, 0.2) is 5.65 Å². The fourth-order valence-corrected chi connectivity index (χ4v) is 2.62. The first-order chi connectivity index (χ1) is 8.10. The van der Waals surface area contributed by atoms with E-state index in [4.69, 9.17) is 11.6 Å². The molecular weight excluding hydrogens is 324 g/mol. The van der Waals surface area contributed by atoms with Crippen LogP contribution >= 0.6 is 39.3 Å². The maximum absolute atomic E-state index is 9.17. The van der Waals surface area contributed by atoms with E-state index in [0.29, 0.717) is 25.9 Å². The van der Waals surface area contributed by atoms with Crippen LogP contribution in [0.5, 0.6) is 0 Å². The van der Waals surface area contributed by atoms with Crippen molar-refractivity contribution in [1.82, 2.24) is 14.6 Å². The Labute approximate surface area is 116 Å². The van der Waals surface area contributed by atoms with E-state index in [-0.39, 0.29) is 0 Å². The second-order valence-corrected chi connectivity index (χ2v) is 5.67. The molecule has 2 rings (SSSR count). The van der Waals surface area contributed by atoms with Gasteiger partial charge < -0.3 is 0 Å². The maximum atomic E-state index is 9.17. The highest BCUT2D eigenvalue weighted by Crippen LogP contribution is 2.30. The van der Waals surface area contributed by atoms with E-state index >= 15 is 0 Å². The second-order valence-electron chi connectivity index (χ2n) is 3.26. The number of aromatic nitrogens is 3. The van der Waals surface area contributed by atoms with Crippen LogP contribution in [0.1, 0.15) is 18.2 Å². The Kier molecular flexibility index (Phi) is 3.61. The van der Waals surface area contributed by atoms with Gasteiger partial charge in [-0.25, -0.2) is 9.50 Å². The number of thioether (sulfide) groups is 1. The minimum atomic E-state index is 0.437. The molecular formula is C10H8BrClN4S. The monoisotopic (exact) mass is 330 g/mol. The Balaban J connectivity index is 2.83. The molecule has 0 spiro atoms. The van der Waals surface area contributed by atoms with E-state index in [1.54, 1.807) is 0 Å². The first-order valence-electron chi connectivity index (χ1n) is 4.87. The summed E-state index contributed by atoms with van der Waals surface area (Å²) in [5, 5.41) is 14.6. The molecule has 88 valence electrons. The van der Waals surface area contributed by atoms with Crippen LogP contribution in [0.15, 0.2) is 9.50 Å². The predicted octanol–water partition coefficient (Wildman–Crippen LogP) is 3.44.